The number of alkyl halides is 1. The van der Waals surface area contributed by atoms with Gasteiger partial charge >= 0.3 is 0 Å². The lowest BCUT2D eigenvalue weighted by Gasteiger charge is -2.37. The van der Waals surface area contributed by atoms with Gasteiger partial charge in [-0.2, -0.15) is 0 Å². The quantitative estimate of drug-likeness (QED) is 0.426. The lowest BCUT2D eigenvalue weighted by Crippen LogP contribution is -2.51. The molecule has 0 radical (unpaired) electrons. The third-order valence-corrected chi connectivity index (χ3v) is 7.58. The van der Waals surface area contributed by atoms with E-state index in [1.807, 2.05) is 30.3 Å². The first-order valence-electron chi connectivity index (χ1n) is 12.2. The molecule has 3 aromatic heterocycles. The Bertz CT molecular complexity index is 1460. The molecule has 2 aliphatic heterocycles. The molecule has 0 amide bonds. The molecule has 0 aliphatic carbocycles. The molecular formula is C26H26FN5O3S. The molecule has 0 spiro atoms. The van der Waals surface area contributed by atoms with Gasteiger partial charge in [-0.1, -0.05) is 11.3 Å². The van der Waals surface area contributed by atoms with Crippen molar-refractivity contribution in [1.82, 2.24) is 25.2 Å². The summed E-state index contributed by atoms with van der Waals surface area (Å²) in [6.07, 6.45) is 3.55. The molecule has 5 heterocycles. The standard InChI is InChI=1S/C26H26FN5O3S/c27-18-13-28-8-6-21(18)32(15-17-1-2-20-26(31-17)36-23(33)14-30-20)10-7-16-5-9-29-19-3-4-22-25(24(16)19)35-12-11-34-22/h1-5,9,14,18,21,28H,6-8,10-13,15H2/t18-,21+/m1/s1. The lowest BCUT2D eigenvalue weighted by atomic mass is 10.00. The summed E-state index contributed by atoms with van der Waals surface area (Å²) in [6, 6.07) is 9.42. The fraction of sp³-hybridized carbons (Fsp3) is 0.385. The number of hydrogen-bond acceptors (Lipinski definition) is 9. The molecule has 1 aromatic carbocycles. The summed E-state index contributed by atoms with van der Waals surface area (Å²) < 4.78 is 26.7. The van der Waals surface area contributed by atoms with Crippen LogP contribution in [-0.2, 0) is 13.0 Å². The fourth-order valence-electron chi connectivity index (χ4n) is 5.05. The maximum atomic E-state index is 15.1. The number of nitrogens with one attached hydrogen (secondary N) is 1. The molecule has 2 atom stereocenters. The average molecular weight is 508 g/mol. The zero-order valence-corrected chi connectivity index (χ0v) is 20.5. The summed E-state index contributed by atoms with van der Waals surface area (Å²) in [4.78, 5) is 28.0. The fourth-order valence-corrected chi connectivity index (χ4v) is 5.74. The molecule has 1 N–H and O–H groups in total. The van der Waals surface area contributed by atoms with Crippen LogP contribution in [0.15, 0.2) is 47.5 Å². The highest BCUT2D eigenvalue weighted by molar-refractivity contribution is 7.15. The molecule has 0 unspecified atom stereocenters. The van der Waals surface area contributed by atoms with Crippen molar-refractivity contribution in [2.24, 2.45) is 0 Å². The van der Waals surface area contributed by atoms with Crippen LogP contribution in [0.3, 0.4) is 0 Å². The van der Waals surface area contributed by atoms with Gasteiger partial charge < -0.3 is 14.8 Å². The Balaban J connectivity index is 1.31. The first kappa shape index (κ1) is 23.2. The Kier molecular flexibility index (Phi) is 6.47. The van der Waals surface area contributed by atoms with Crippen molar-refractivity contribution in [3.05, 3.63) is 63.5 Å². The van der Waals surface area contributed by atoms with Gasteiger partial charge in [-0.25, -0.2) is 14.4 Å². The van der Waals surface area contributed by atoms with Crippen molar-refractivity contribution in [2.75, 3.05) is 32.8 Å². The largest absolute Gasteiger partial charge is 0.486 e. The Morgan fingerprint density at radius 1 is 1.11 bits per heavy atom. The van der Waals surface area contributed by atoms with E-state index in [9.17, 15) is 4.79 Å². The number of halogens is 1. The summed E-state index contributed by atoms with van der Waals surface area (Å²) in [7, 11) is 0. The highest BCUT2D eigenvalue weighted by Crippen LogP contribution is 2.39. The third kappa shape index (κ3) is 4.63. The Morgan fingerprint density at radius 2 is 2.00 bits per heavy atom. The number of fused-ring (bicyclic) bond motifs is 4. The van der Waals surface area contributed by atoms with Gasteiger partial charge in [0, 0.05) is 37.3 Å². The van der Waals surface area contributed by atoms with Gasteiger partial charge in [-0.05, 0) is 55.3 Å². The molecule has 0 bridgehead atoms. The van der Waals surface area contributed by atoms with Crippen molar-refractivity contribution in [1.29, 1.82) is 0 Å². The molecule has 6 rings (SSSR count). The van der Waals surface area contributed by atoms with E-state index in [1.54, 1.807) is 6.20 Å². The van der Waals surface area contributed by atoms with Crippen LogP contribution in [0.25, 0.3) is 21.3 Å². The number of ether oxygens (including phenoxy) is 2. The molecule has 8 nitrogen and oxygen atoms in total. The number of piperidine rings is 1. The maximum Gasteiger partial charge on any atom is 0.252 e. The molecule has 2 aliphatic rings. The lowest BCUT2D eigenvalue weighted by molar-refractivity contribution is 0.0783. The summed E-state index contributed by atoms with van der Waals surface area (Å²) in [5, 5.41) is 4.10. The van der Waals surface area contributed by atoms with Crippen LogP contribution in [0.4, 0.5) is 4.39 Å². The van der Waals surface area contributed by atoms with E-state index >= 15 is 4.39 Å². The minimum absolute atomic E-state index is 0.134. The molecule has 1 saturated heterocycles. The molecule has 1 fully saturated rings. The summed E-state index contributed by atoms with van der Waals surface area (Å²) in [6.45, 7) is 3.26. The molecule has 36 heavy (non-hydrogen) atoms. The molecular weight excluding hydrogens is 481 g/mol. The van der Waals surface area contributed by atoms with E-state index in [-0.39, 0.29) is 10.8 Å². The van der Waals surface area contributed by atoms with Crippen LogP contribution in [0.1, 0.15) is 17.7 Å². The normalized spacial score (nSPS) is 19.7. The number of benzene rings is 1. The molecule has 186 valence electrons. The van der Waals surface area contributed by atoms with Crippen LogP contribution in [0.5, 0.6) is 11.5 Å². The average Bonchev–Trinajstić information content (AvgIpc) is 2.91. The number of hydrogen-bond donors (Lipinski definition) is 1. The van der Waals surface area contributed by atoms with Crippen molar-refractivity contribution in [3.8, 4) is 11.5 Å². The second-order valence-corrected chi connectivity index (χ2v) is 10.0. The van der Waals surface area contributed by atoms with Crippen LogP contribution < -0.4 is 19.5 Å². The van der Waals surface area contributed by atoms with E-state index in [4.69, 9.17) is 9.47 Å². The van der Waals surface area contributed by atoms with Crippen LogP contribution >= 0.6 is 11.3 Å². The predicted molar refractivity (Wildman–Crippen MR) is 137 cm³/mol. The van der Waals surface area contributed by atoms with Gasteiger partial charge in [0.25, 0.3) is 4.74 Å². The summed E-state index contributed by atoms with van der Waals surface area (Å²) in [5.74, 6) is 1.47. The van der Waals surface area contributed by atoms with Crippen LogP contribution in [0, 0.1) is 0 Å². The predicted octanol–water partition coefficient (Wildman–Crippen LogP) is 3.12. The van der Waals surface area contributed by atoms with E-state index < -0.39 is 6.17 Å². The molecule has 10 heteroatoms. The van der Waals surface area contributed by atoms with Crippen LogP contribution in [-0.4, -0.2) is 64.9 Å². The van der Waals surface area contributed by atoms with Gasteiger partial charge in [0.15, 0.2) is 11.5 Å². The second kappa shape index (κ2) is 10.0. The van der Waals surface area contributed by atoms with Gasteiger partial charge in [-0.3, -0.25) is 14.7 Å². The van der Waals surface area contributed by atoms with Gasteiger partial charge in [-0.15, -0.1) is 0 Å². The van der Waals surface area contributed by atoms with Gasteiger partial charge in [0.2, 0.25) is 0 Å². The summed E-state index contributed by atoms with van der Waals surface area (Å²) in [5.41, 5.74) is 3.43. The van der Waals surface area contributed by atoms with Crippen molar-refractivity contribution in [3.63, 3.8) is 0 Å². The highest BCUT2D eigenvalue weighted by Gasteiger charge is 2.30. The minimum Gasteiger partial charge on any atom is -0.486 e. The van der Waals surface area contributed by atoms with E-state index in [2.05, 4.69) is 25.2 Å². The number of pyridine rings is 2. The maximum absolute atomic E-state index is 15.1. The first-order chi connectivity index (χ1) is 17.7. The van der Waals surface area contributed by atoms with E-state index in [0.717, 1.165) is 51.5 Å². The van der Waals surface area contributed by atoms with Crippen LogP contribution in [0.2, 0.25) is 0 Å². The highest BCUT2D eigenvalue weighted by atomic mass is 32.1. The smallest absolute Gasteiger partial charge is 0.252 e. The zero-order chi connectivity index (χ0) is 24.5. The SMILES string of the molecule is O=c1cnc2ccc(CN(CCc3ccnc4ccc5c(c34)OCCO5)[C@H]3CCNC[C@H]3F)nc2s1. The Labute approximate surface area is 211 Å². The van der Waals surface area contributed by atoms with Crippen molar-refractivity contribution in [2.45, 2.75) is 31.6 Å². The first-order valence-corrected chi connectivity index (χ1v) is 13.0. The number of rotatable bonds is 6. The van der Waals surface area contributed by atoms with Gasteiger partial charge in [0.1, 0.15) is 24.2 Å². The third-order valence-electron chi connectivity index (χ3n) is 6.78. The Hall–Kier alpha value is -3.21. The van der Waals surface area contributed by atoms with Crippen molar-refractivity contribution < 1.29 is 13.9 Å². The van der Waals surface area contributed by atoms with Gasteiger partial charge in [0.05, 0.1) is 22.9 Å². The van der Waals surface area contributed by atoms with E-state index in [0.29, 0.717) is 56.0 Å². The monoisotopic (exact) mass is 507 g/mol. The van der Waals surface area contributed by atoms with Crippen molar-refractivity contribution >= 4 is 32.6 Å². The second-order valence-electron chi connectivity index (χ2n) is 9.06. The summed E-state index contributed by atoms with van der Waals surface area (Å²) >= 11 is 1.08. The number of nitrogens with zero attached hydrogens (tertiary/aromatic N) is 4. The Morgan fingerprint density at radius 3 is 2.92 bits per heavy atom. The number of aromatic nitrogens is 3. The molecule has 0 saturated carbocycles. The topological polar surface area (TPSA) is 89.5 Å². The molecule has 4 aromatic rings. The zero-order valence-electron chi connectivity index (χ0n) is 19.7. The van der Waals surface area contributed by atoms with E-state index in [1.165, 1.54) is 6.20 Å². The minimum atomic E-state index is -0.976.